The predicted octanol–water partition coefficient (Wildman–Crippen LogP) is 0.423. The quantitative estimate of drug-likeness (QED) is 0.430. The van der Waals surface area contributed by atoms with E-state index in [4.69, 9.17) is 10.8 Å². The molecule has 1 aromatic rings. The normalized spacial score (nSPS) is 9.88. The molecule has 0 aliphatic heterocycles. The smallest absolute Gasteiger partial charge is 0.253 e. The molecule has 16 heavy (non-hydrogen) atoms. The summed E-state index contributed by atoms with van der Waals surface area (Å²) < 4.78 is 0. The van der Waals surface area contributed by atoms with Gasteiger partial charge in [0.15, 0.2) is 0 Å². The Bertz CT molecular complexity index is 366. The van der Waals surface area contributed by atoms with Gasteiger partial charge >= 0.3 is 0 Å². The second kappa shape index (κ2) is 5.97. The standard InChI is InChI=1S/C11H17N3O2/c1-13-11(16)9-4-3-8(12)7-10(9)14-5-2-6-15/h3-4,7,14-15H,2,5-6,12H2,1H3,(H,13,16). The van der Waals surface area contributed by atoms with E-state index in [0.29, 0.717) is 29.9 Å². The number of benzene rings is 1. The number of carbonyl (C=O) groups excluding carboxylic acids is 1. The summed E-state index contributed by atoms with van der Waals surface area (Å²) in [6.45, 7) is 0.717. The van der Waals surface area contributed by atoms with Crippen LogP contribution in [0.4, 0.5) is 11.4 Å². The molecular formula is C11H17N3O2. The first-order chi connectivity index (χ1) is 7.69. The molecule has 5 N–H and O–H groups in total. The summed E-state index contributed by atoms with van der Waals surface area (Å²) in [5.74, 6) is -0.161. The molecular weight excluding hydrogens is 206 g/mol. The third-order valence-corrected chi connectivity index (χ3v) is 2.17. The van der Waals surface area contributed by atoms with Crippen molar-refractivity contribution in [2.24, 2.45) is 0 Å². The van der Waals surface area contributed by atoms with E-state index < -0.39 is 0 Å². The van der Waals surface area contributed by atoms with Crippen LogP contribution in [0.3, 0.4) is 0 Å². The molecule has 5 heteroatoms. The number of nitrogens with one attached hydrogen (secondary N) is 2. The Balaban J connectivity index is 2.85. The fourth-order valence-corrected chi connectivity index (χ4v) is 1.34. The molecule has 0 unspecified atom stereocenters. The van der Waals surface area contributed by atoms with Crippen LogP contribution in [0.2, 0.25) is 0 Å². The summed E-state index contributed by atoms with van der Waals surface area (Å²) in [5, 5.41) is 14.3. The van der Waals surface area contributed by atoms with Crippen molar-refractivity contribution in [3.8, 4) is 0 Å². The SMILES string of the molecule is CNC(=O)c1ccc(N)cc1NCCCO. The summed E-state index contributed by atoms with van der Waals surface area (Å²) in [5.41, 5.74) is 7.49. The van der Waals surface area contributed by atoms with Crippen molar-refractivity contribution < 1.29 is 9.90 Å². The highest BCUT2D eigenvalue weighted by Crippen LogP contribution is 2.19. The molecule has 5 nitrogen and oxygen atoms in total. The summed E-state index contributed by atoms with van der Waals surface area (Å²) in [6.07, 6.45) is 0.627. The Morgan fingerprint density at radius 1 is 1.50 bits per heavy atom. The largest absolute Gasteiger partial charge is 0.399 e. The Labute approximate surface area is 94.7 Å². The Morgan fingerprint density at radius 2 is 2.25 bits per heavy atom. The summed E-state index contributed by atoms with van der Waals surface area (Å²) in [6, 6.07) is 5.07. The maximum atomic E-state index is 11.5. The van der Waals surface area contributed by atoms with Gasteiger partial charge in [-0.15, -0.1) is 0 Å². The summed E-state index contributed by atoms with van der Waals surface area (Å²) >= 11 is 0. The van der Waals surface area contributed by atoms with Crippen LogP contribution in [-0.4, -0.2) is 31.2 Å². The zero-order valence-corrected chi connectivity index (χ0v) is 9.29. The molecule has 0 bridgehead atoms. The minimum atomic E-state index is -0.161. The van der Waals surface area contributed by atoms with Gasteiger partial charge in [0.2, 0.25) is 0 Å². The molecule has 1 rings (SSSR count). The molecule has 0 saturated carbocycles. The van der Waals surface area contributed by atoms with Crippen LogP contribution in [0, 0.1) is 0 Å². The van der Waals surface area contributed by atoms with Crippen molar-refractivity contribution in [3.05, 3.63) is 23.8 Å². The molecule has 1 aromatic carbocycles. The molecule has 0 saturated heterocycles. The third kappa shape index (κ3) is 3.13. The van der Waals surface area contributed by atoms with Crippen molar-refractivity contribution in [2.45, 2.75) is 6.42 Å². The average molecular weight is 223 g/mol. The number of aliphatic hydroxyl groups is 1. The zero-order chi connectivity index (χ0) is 12.0. The highest BCUT2D eigenvalue weighted by molar-refractivity contribution is 6.00. The van der Waals surface area contributed by atoms with Gasteiger partial charge < -0.3 is 21.5 Å². The minimum Gasteiger partial charge on any atom is -0.399 e. The van der Waals surface area contributed by atoms with Gasteiger partial charge in [0.25, 0.3) is 5.91 Å². The number of nitrogen functional groups attached to an aromatic ring is 1. The maximum absolute atomic E-state index is 11.5. The van der Waals surface area contributed by atoms with Gasteiger partial charge in [-0.25, -0.2) is 0 Å². The van der Waals surface area contributed by atoms with Crippen LogP contribution in [0.5, 0.6) is 0 Å². The number of amides is 1. The topological polar surface area (TPSA) is 87.4 Å². The molecule has 0 aliphatic carbocycles. The zero-order valence-electron chi connectivity index (χ0n) is 9.29. The van der Waals surface area contributed by atoms with E-state index in [0.717, 1.165) is 0 Å². The van der Waals surface area contributed by atoms with Crippen molar-refractivity contribution in [1.29, 1.82) is 0 Å². The van der Waals surface area contributed by atoms with Gasteiger partial charge in [0.05, 0.1) is 5.56 Å². The van der Waals surface area contributed by atoms with Crippen LogP contribution in [0.15, 0.2) is 18.2 Å². The van der Waals surface area contributed by atoms with E-state index in [-0.39, 0.29) is 12.5 Å². The molecule has 0 spiro atoms. The molecule has 0 aromatic heterocycles. The first-order valence-electron chi connectivity index (χ1n) is 5.15. The first kappa shape index (κ1) is 12.3. The highest BCUT2D eigenvalue weighted by atomic mass is 16.3. The summed E-state index contributed by atoms with van der Waals surface area (Å²) in [4.78, 5) is 11.5. The van der Waals surface area contributed by atoms with E-state index in [1.165, 1.54) is 0 Å². The lowest BCUT2D eigenvalue weighted by atomic mass is 10.1. The molecule has 0 fully saturated rings. The van der Waals surface area contributed by atoms with E-state index in [1.807, 2.05) is 0 Å². The van der Waals surface area contributed by atoms with Gasteiger partial charge in [-0.05, 0) is 24.6 Å². The second-order valence-electron chi connectivity index (χ2n) is 3.39. The number of nitrogens with two attached hydrogens (primary N) is 1. The van der Waals surface area contributed by atoms with Crippen molar-refractivity contribution >= 4 is 17.3 Å². The van der Waals surface area contributed by atoms with Crippen LogP contribution < -0.4 is 16.4 Å². The number of anilines is 2. The number of rotatable bonds is 5. The summed E-state index contributed by atoms with van der Waals surface area (Å²) in [7, 11) is 1.58. The lowest BCUT2D eigenvalue weighted by molar-refractivity contribution is 0.0964. The maximum Gasteiger partial charge on any atom is 0.253 e. The van der Waals surface area contributed by atoms with E-state index in [2.05, 4.69) is 10.6 Å². The van der Waals surface area contributed by atoms with Crippen LogP contribution in [0.1, 0.15) is 16.8 Å². The van der Waals surface area contributed by atoms with Crippen LogP contribution in [0.25, 0.3) is 0 Å². The van der Waals surface area contributed by atoms with E-state index in [1.54, 1.807) is 25.2 Å². The molecule has 0 heterocycles. The van der Waals surface area contributed by atoms with Crippen molar-refractivity contribution in [1.82, 2.24) is 5.32 Å². The van der Waals surface area contributed by atoms with E-state index in [9.17, 15) is 4.79 Å². The van der Waals surface area contributed by atoms with Crippen molar-refractivity contribution in [2.75, 3.05) is 31.2 Å². The van der Waals surface area contributed by atoms with Crippen molar-refractivity contribution in [3.63, 3.8) is 0 Å². The Morgan fingerprint density at radius 3 is 2.88 bits per heavy atom. The minimum absolute atomic E-state index is 0.116. The second-order valence-corrected chi connectivity index (χ2v) is 3.39. The van der Waals surface area contributed by atoms with Gasteiger partial charge in [-0.3, -0.25) is 4.79 Å². The van der Waals surface area contributed by atoms with Gasteiger partial charge in [-0.1, -0.05) is 0 Å². The fourth-order valence-electron chi connectivity index (χ4n) is 1.34. The lowest BCUT2D eigenvalue weighted by Gasteiger charge is -2.11. The van der Waals surface area contributed by atoms with Crippen LogP contribution in [-0.2, 0) is 0 Å². The Hall–Kier alpha value is -1.75. The third-order valence-electron chi connectivity index (χ3n) is 2.17. The molecule has 1 amide bonds. The lowest BCUT2D eigenvalue weighted by Crippen LogP contribution is -2.20. The number of hydrogen-bond acceptors (Lipinski definition) is 4. The van der Waals surface area contributed by atoms with Gasteiger partial charge in [0.1, 0.15) is 0 Å². The predicted molar refractivity (Wildman–Crippen MR) is 64.4 cm³/mol. The molecule has 0 radical (unpaired) electrons. The van der Waals surface area contributed by atoms with E-state index >= 15 is 0 Å². The van der Waals surface area contributed by atoms with Crippen LogP contribution >= 0.6 is 0 Å². The molecule has 0 atom stereocenters. The Kier molecular flexibility index (Phi) is 4.60. The number of aliphatic hydroxyl groups excluding tert-OH is 1. The highest BCUT2D eigenvalue weighted by Gasteiger charge is 2.09. The fraction of sp³-hybridized carbons (Fsp3) is 0.364. The van der Waals surface area contributed by atoms with Gasteiger partial charge in [-0.2, -0.15) is 0 Å². The average Bonchev–Trinajstić information content (AvgIpc) is 2.29. The first-order valence-corrected chi connectivity index (χ1v) is 5.15. The molecule has 0 aliphatic rings. The number of carbonyl (C=O) groups is 1. The molecule has 88 valence electrons. The number of hydrogen-bond donors (Lipinski definition) is 4. The monoisotopic (exact) mass is 223 g/mol. The van der Waals surface area contributed by atoms with Gasteiger partial charge in [0, 0.05) is 31.6 Å².